The molecule has 4 rings (SSSR count). The van der Waals surface area contributed by atoms with Crippen molar-refractivity contribution in [1.82, 2.24) is 20.6 Å². The van der Waals surface area contributed by atoms with Gasteiger partial charge in [0.1, 0.15) is 11.9 Å². The number of tetrazole rings is 1. The van der Waals surface area contributed by atoms with Gasteiger partial charge < -0.3 is 13.9 Å². The van der Waals surface area contributed by atoms with Crippen molar-refractivity contribution < 1.29 is 18.7 Å². The summed E-state index contributed by atoms with van der Waals surface area (Å²) < 4.78 is 17.7. The van der Waals surface area contributed by atoms with E-state index in [0.717, 1.165) is 19.3 Å². The number of benzene rings is 1. The largest absolute Gasteiger partial charge is 0.497 e. The topological polar surface area (TPSA) is 115 Å². The van der Waals surface area contributed by atoms with Crippen LogP contribution in [0.25, 0.3) is 11.0 Å². The Morgan fingerprint density at radius 1 is 1.33 bits per heavy atom. The lowest BCUT2D eigenvalue weighted by molar-refractivity contribution is 0.0833. The molecule has 9 heteroatoms. The molecule has 3 unspecified atom stereocenters. The Morgan fingerprint density at radius 3 is 2.87 bits per heavy atom. The molecule has 1 aliphatic rings. The summed E-state index contributed by atoms with van der Waals surface area (Å²) in [6.45, 7) is 8.39. The van der Waals surface area contributed by atoms with Crippen molar-refractivity contribution in [3.63, 3.8) is 0 Å². The number of fused-ring (bicyclic) bond motifs is 1. The van der Waals surface area contributed by atoms with Crippen molar-refractivity contribution >= 4 is 22.8 Å². The van der Waals surface area contributed by atoms with Gasteiger partial charge in [-0.05, 0) is 55.4 Å². The average molecular weight is 411 g/mol. The fourth-order valence-corrected chi connectivity index (χ4v) is 3.85. The van der Waals surface area contributed by atoms with E-state index in [0.29, 0.717) is 34.3 Å². The molecule has 0 bridgehead atoms. The van der Waals surface area contributed by atoms with Crippen molar-refractivity contribution in [3.8, 4) is 11.5 Å². The number of hydrogen-bond acceptors (Lipinski definition) is 7. The molecule has 1 aromatic carbocycles. The number of aromatic amines is 1. The van der Waals surface area contributed by atoms with E-state index in [-0.39, 0.29) is 17.8 Å². The first-order chi connectivity index (χ1) is 14.4. The molecule has 1 fully saturated rings. The third kappa shape index (κ3) is 4.00. The third-order valence-corrected chi connectivity index (χ3v) is 5.68. The first-order valence-corrected chi connectivity index (χ1v) is 9.93. The number of furan rings is 1. The first-order valence-electron chi connectivity index (χ1n) is 9.93. The van der Waals surface area contributed by atoms with Gasteiger partial charge in [-0.15, -0.1) is 5.10 Å². The quantitative estimate of drug-likeness (QED) is 0.590. The van der Waals surface area contributed by atoms with E-state index in [9.17, 15) is 4.79 Å². The Bertz CT molecular complexity index is 1060. The van der Waals surface area contributed by atoms with E-state index < -0.39 is 5.91 Å². The van der Waals surface area contributed by atoms with Gasteiger partial charge in [-0.2, -0.15) is 5.21 Å². The van der Waals surface area contributed by atoms with E-state index >= 15 is 0 Å². The lowest BCUT2D eigenvalue weighted by Crippen LogP contribution is -2.33. The molecule has 30 heavy (non-hydrogen) atoms. The van der Waals surface area contributed by atoms with Crippen molar-refractivity contribution in [3.05, 3.63) is 36.1 Å². The van der Waals surface area contributed by atoms with Gasteiger partial charge in [0, 0.05) is 11.5 Å². The van der Waals surface area contributed by atoms with Crippen LogP contribution in [0.1, 0.15) is 43.7 Å². The Balaban J connectivity index is 1.64. The molecule has 1 saturated carbocycles. The van der Waals surface area contributed by atoms with Gasteiger partial charge in [0.05, 0.1) is 7.11 Å². The Kier molecular flexibility index (Phi) is 5.43. The molecule has 3 aromatic rings. The van der Waals surface area contributed by atoms with Gasteiger partial charge in [0.15, 0.2) is 17.1 Å². The van der Waals surface area contributed by atoms with Crippen molar-refractivity contribution in [2.45, 2.75) is 39.2 Å². The summed E-state index contributed by atoms with van der Waals surface area (Å²) in [6.07, 6.45) is 3.13. The molecule has 0 spiro atoms. The number of nitrogens with one attached hydrogen (secondary N) is 2. The van der Waals surface area contributed by atoms with Gasteiger partial charge in [-0.1, -0.05) is 24.2 Å². The van der Waals surface area contributed by atoms with E-state index in [2.05, 4.69) is 46.4 Å². The van der Waals surface area contributed by atoms with Gasteiger partial charge >= 0.3 is 0 Å². The van der Waals surface area contributed by atoms with Crippen LogP contribution in [0.4, 0.5) is 5.95 Å². The molecule has 9 nitrogen and oxygen atoms in total. The van der Waals surface area contributed by atoms with Crippen LogP contribution >= 0.6 is 0 Å². The Morgan fingerprint density at radius 2 is 2.17 bits per heavy atom. The summed E-state index contributed by atoms with van der Waals surface area (Å²) in [7, 11) is 1.59. The summed E-state index contributed by atoms with van der Waals surface area (Å²) in [5, 5.41) is 16.4. The highest BCUT2D eigenvalue weighted by Crippen LogP contribution is 2.39. The summed E-state index contributed by atoms with van der Waals surface area (Å²) in [5.41, 5.74) is 1.68. The maximum atomic E-state index is 12.5. The summed E-state index contributed by atoms with van der Waals surface area (Å²) in [4.78, 5) is 12.5. The number of nitrogens with zero attached hydrogens (tertiary/aromatic N) is 3. The molecule has 1 aliphatic carbocycles. The minimum absolute atomic E-state index is 0.0254. The molecule has 1 amide bonds. The molecule has 0 saturated heterocycles. The average Bonchev–Trinajstić information content (AvgIpc) is 3.39. The lowest BCUT2D eigenvalue weighted by Gasteiger charge is -2.34. The third-order valence-electron chi connectivity index (χ3n) is 5.68. The molecule has 0 aliphatic heterocycles. The predicted molar refractivity (Wildman–Crippen MR) is 111 cm³/mol. The zero-order valence-electron chi connectivity index (χ0n) is 17.3. The van der Waals surface area contributed by atoms with E-state index in [4.69, 9.17) is 13.9 Å². The lowest BCUT2D eigenvalue weighted by atomic mass is 9.78. The number of H-pyrrole nitrogens is 1. The molecule has 2 N–H and O–H groups in total. The Hall–Kier alpha value is -3.36. The zero-order chi connectivity index (χ0) is 21.3. The fraction of sp³-hybridized carbons (Fsp3) is 0.429. The number of carbonyl (C=O) groups is 1. The number of aromatic nitrogens is 4. The van der Waals surface area contributed by atoms with Crippen molar-refractivity contribution in [2.75, 3.05) is 12.4 Å². The molecular formula is C21H25N5O4. The monoisotopic (exact) mass is 411 g/mol. The zero-order valence-corrected chi connectivity index (χ0v) is 17.3. The van der Waals surface area contributed by atoms with Gasteiger partial charge in [-0.3, -0.25) is 10.1 Å². The molecular weight excluding hydrogens is 386 g/mol. The molecule has 158 valence electrons. The van der Waals surface area contributed by atoms with Gasteiger partial charge in [0.2, 0.25) is 0 Å². The van der Waals surface area contributed by atoms with E-state index in [1.165, 1.54) is 5.57 Å². The van der Waals surface area contributed by atoms with Crippen LogP contribution in [-0.2, 0) is 0 Å². The number of amides is 1. The fourth-order valence-electron chi connectivity index (χ4n) is 3.85. The van der Waals surface area contributed by atoms with Crippen molar-refractivity contribution in [1.29, 1.82) is 0 Å². The number of rotatable bonds is 6. The van der Waals surface area contributed by atoms with Gasteiger partial charge in [0.25, 0.3) is 11.9 Å². The van der Waals surface area contributed by atoms with Crippen molar-refractivity contribution in [2.24, 2.45) is 11.8 Å². The summed E-state index contributed by atoms with van der Waals surface area (Å²) in [6, 6.07) is 5.24. The summed E-state index contributed by atoms with van der Waals surface area (Å²) >= 11 is 0. The maximum Gasteiger partial charge on any atom is 0.293 e. The number of carbonyl (C=O) groups excluding carboxylic acids is 1. The number of anilines is 1. The number of hydrogen-bond donors (Lipinski definition) is 2. The van der Waals surface area contributed by atoms with Gasteiger partial charge in [-0.25, -0.2) is 0 Å². The second-order valence-electron chi connectivity index (χ2n) is 7.83. The first kappa shape index (κ1) is 19.9. The number of ether oxygens (including phenoxy) is 2. The van der Waals surface area contributed by atoms with Crippen LogP contribution in [0, 0.1) is 11.8 Å². The minimum Gasteiger partial charge on any atom is -0.497 e. The van der Waals surface area contributed by atoms with Crippen LogP contribution in [0.5, 0.6) is 11.5 Å². The van der Waals surface area contributed by atoms with Crippen LogP contribution in [0.15, 0.2) is 34.8 Å². The van der Waals surface area contributed by atoms with Crippen LogP contribution < -0.4 is 14.8 Å². The minimum atomic E-state index is -0.481. The standard InChI is InChI=1S/C21H25N5O4/c1-11(2)13-6-5-12(3)16(8-13)29-17-10-15(28-4)7-14-9-18(30-19(14)17)20(27)22-21-23-25-26-24-21/h7,9-10,12-13,16H,1,5-6,8H2,2-4H3,(H2,22,23,24,25,26,27). The molecule has 0 radical (unpaired) electrons. The number of methoxy groups -OCH3 is 1. The van der Waals surface area contributed by atoms with Crippen LogP contribution in [0.2, 0.25) is 0 Å². The molecule has 3 atom stereocenters. The second kappa shape index (κ2) is 8.17. The van der Waals surface area contributed by atoms with E-state index in [1.54, 1.807) is 25.3 Å². The number of allylic oxidation sites excluding steroid dienone is 1. The summed E-state index contributed by atoms with van der Waals surface area (Å²) in [5.74, 6) is 1.73. The maximum absolute atomic E-state index is 12.5. The molecule has 2 heterocycles. The highest BCUT2D eigenvalue weighted by Gasteiger charge is 2.30. The second-order valence-corrected chi connectivity index (χ2v) is 7.83. The van der Waals surface area contributed by atoms with Crippen LogP contribution in [-0.4, -0.2) is 39.7 Å². The smallest absolute Gasteiger partial charge is 0.293 e. The molecule has 2 aromatic heterocycles. The Labute approximate surface area is 173 Å². The highest BCUT2D eigenvalue weighted by molar-refractivity contribution is 6.04. The predicted octanol–water partition coefficient (Wildman–Crippen LogP) is 3.97. The van der Waals surface area contributed by atoms with Crippen LogP contribution in [0.3, 0.4) is 0 Å². The SMILES string of the molecule is C=C(C)C1CCC(C)C(Oc2cc(OC)cc3cc(C(=O)Nc4nn[nH]n4)oc23)C1. The van der Waals surface area contributed by atoms with E-state index in [1.807, 2.05) is 0 Å². The normalized spacial score (nSPS) is 21.4. The highest BCUT2D eigenvalue weighted by atomic mass is 16.5.